The smallest absolute Gasteiger partial charge is 0.244 e. The van der Waals surface area contributed by atoms with E-state index in [9.17, 15) is 13.2 Å². The Bertz CT molecular complexity index is 703. The van der Waals surface area contributed by atoms with E-state index in [1.54, 1.807) is 0 Å². The van der Waals surface area contributed by atoms with Gasteiger partial charge in [0, 0.05) is 31.0 Å². The number of nitrogens with zero attached hydrogens (tertiary/aromatic N) is 1. The molecule has 148 valence electrons. The van der Waals surface area contributed by atoms with E-state index >= 15 is 0 Å². The topological polar surface area (TPSA) is 87.7 Å². The number of amides is 1. The molecule has 1 amide bonds. The first kappa shape index (κ1) is 23.0. The van der Waals surface area contributed by atoms with Crippen molar-refractivity contribution >= 4 is 51.9 Å². The van der Waals surface area contributed by atoms with Crippen LogP contribution in [0.1, 0.15) is 6.92 Å². The minimum absolute atomic E-state index is 0. The Morgan fingerprint density at radius 1 is 1.27 bits per heavy atom. The van der Waals surface area contributed by atoms with Gasteiger partial charge in [-0.2, -0.15) is 0 Å². The van der Waals surface area contributed by atoms with Gasteiger partial charge in [0.1, 0.15) is 6.04 Å². The van der Waals surface area contributed by atoms with Gasteiger partial charge in [-0.15, -0.1) is 24.8 Å². The zero-order valence-corrected chi connectivity index (χ0v) is 17.0. The highest BCUT2D eigenvalue weighted by molar-refractivity contribution is 7.91. The summed E-state index contributed by atoms with van der Waals surface area (Å²) in [6.45, 7) is 4.10. The number of hydrogen-bond donors (Lipinski definition) is 2. The summed E-state index contributed by atoms with van der Waals surface area (Å²) in [5.74, 6) is 0.218. The molecule has 2 saturated heterocycles. The maximum absolute atomic E-state index is 12.4. The molecule has 0 aromatic heterocycles. The van der Waals surface area contributed by atoms with Crippen LogP contribution in [0, 0.1) is 0 Å². The highest BCUT2D eigenvalue weighted by Gasteiger charge is 2.28. The second-order valence-corrected chi connectivity index (χ2v) is 8.49. The highest BCUT2D eigenvalue weighted by Crippen LogP contribution is 2.22. The normalized spacial score (nSPS) is 24.7. The van der Waals surface area contributed by atoms with Crippen molar-refractivity contribution in [3.63, 3.8) is 0 Å². The van der Waals surface area contributed by atoms with Crippen LogP contribution in [-0.4, -0.2) is 64.2 Å². The SMILES string of the molecule is C[C@H]1OCCN[C@@H]1C(=O)Nc1cccc(N2CCS(=O)(=O)CC2)c1.Cl.Cl. The molecule has 3 rings (SSSR count). The summed E-state index contributed by atoms with van der Waals surface area (Å²) in [6.07, 6.45) is -0.172. The molecule has 0 aliphatic carbocycles. The number of rotatable bonds is 3. The number of ether oxygens (including phenoxy) is 1. The molecule has 2 aliphatic heterocycles. The van der Waals surface area contributed by atoms with Gasteiger partial charge in [-0.3, -0.25) is 4.79 Å². The van der Waals surface area contributed by atoms with E-state index in [0.717, 1.165) is 5.69 Å². The summed E-state index contributed by atoms with van der Waals surface area (Å²) in [5, 5.41) is 6.07. The molecule has 0 spiro atoms. The molecule has 0 bridgehead atoms. The summed E-state index contributed by atoms with van der Waals surface area (Å²) in [7, 11) is -2.91. The van der Waals surface area contributed by atoms with E-state index in [4.69, 9.17) is 4.74 Å². The molecule has 2 aliphatic rings. The lowest BCUT2D eigenvalue weighted by molar-refractivity contribution is -0.123. The van der Waals surface area contributed by atoms with Crippen LogP contribution in [0.5, 0.6) is 0 Å². The number of morpholine rings is 1. The second kappa shape index (κ2) is 9.75. The van der Waals surface area contributed by atoms with Gasteiger partial charge in [-0.1, -0.05) is 6.07 Å². The fraction of sp³-hybridized carbons (Fsp3) is 0.562. The third kappa shape index (κ3) is 5.72. The Morgan fingerprint density at radius 3 is 2.62 bits per heavy atom. The van der Waals surface area contributed by atoms with Crippen molar-refractivity contribution in [2.75, 3.05) is 48.0 Å². The summed E-state index contributed by atoms with van der Waals surface area (Å²) < 4.78 is 28.6. The summed E-state index contributed by atoms with van der Waals surface area (Å²) >= 11 is 0. The average Bonchev–Trinajstić information content (AvgIpc) is 2.55. The molecule has 1 aromatic rings. The number of halogens is 2. The molecule has 7 nitrogen and oxygen atoms in total. The minimum atomic E-state index is -2.91. The van der Waals surface area contributed by atoms with Gasteiger partial charge in [0.05, 0.1) is 24.2 Å². The van der Waals surface area contributed by atoms with Crippen LogP contribution in [0.25, 0.3) is 0 Å². The predicted molar refractivity (Wildman–Crippen MR) is 108 cm³/mol. The molecule has 2 heterocycles. The van der Waals surface area contributed by atoms with Crippen LogP contribution < -0.4 is 15.5 Å². The first-order valence-corrected chi connectivity index (χ1v) is 9.98. The fourth-order valence-electron chi connectivity index (χ4n) is 3.00. The van der Waals surface area contributed by atoms with Crippen LogP contribution in [0.2, 0.25) is 0 Å². The van der Waals surface area contributed by atoms with E-state index in [1.165, 1.54) is 0 Å². The first-order chi connectivity index (χ1) is 11.4. The van der Waals surface area contributed by atoms with E-state index in [1.807, 2.05) is 36.1 Å². The van der Waals surface area contributed by atoms with Gasteiger partial charge in [-0.25, -0.2) is 8.42 Å². The van der Waals surface area contributed by atoms with Crippen LogP contribution >= 0.6 is 24.8 Å². The fourth-order valence-corrected chi connectivity index (χ4v) is 4.20. The third-order valence-corrected chi connectivity index (χ3v) is 6.03. The molecule has 0 saturated carbocycles. The largest absolute Gasteiger partial charge is 0.375 e. The van der Waals surface area contributed by atoms with Crippen molar-refractivity contribution < 1.29 is 17.9 Å². The van der Waals surface area contributed by atoms with Crippen molar-refractivity contribution in [1.29, 1.82) is 0 Å². The molecular weight excluding hydrogens is 401 g/mol. The molecule has 0 radical (unpaired) electrons. The standard InChI is InChI=1S/C16H23N3O4S.2ClH/c1-12-15(17-5-8-23-12)16(20)18-13-3-2-4-14(11-13)19-6-9-24(21,22)10-7-19;;/h2-4,11-12,15,17H,5-10H2,1H3,(H,18,20);2*1H/t12-,15+;;/m1../s1. The predicted octanol–water partition coefficient (Wildman–Crippen LogP) is 1.08. The van der Waals surface area contributed by atoms with Crippen LogP contribution in [0.15, 0.2) is 24.3 Å². The van der Waals surface area contributed by atoms with Crippen molar-refractivity contribution in [3.8, 4) is 0 Å². The molecule has 2 N–H and O–H groups in total. The molecule has 10 heteroatoms. The Kier molecular flexibility index (Phi) is 8.62. The van der Waals surface area contributed by atoms with E-state index in [0.29, 0.717) is 31.9 Å². The molecule has 1 aromatic carbocycles. The van der Waals surface area contributed by atoms with Crippen molar-refractivity contribution in [1.82, 2.24) is 5.32 Å². The lowest BCUT2D eigenvalue weighted by Gasteiger charge is -2.30. The summed E-state index contributed by atoms with van der Waals surface area (Å²) in [6, 6.07) is 7.13. The zero-order chi connectivity index (χ0) is 17.2. The van der Waals surface area contributed by atoms with E-state index in [2.05, 4.69) is 10.6 Å². The van der Waals surface area contributed by atoms with Gasteiger partial charge < -0.3 is 20.3 Å². The number of hydrogen-bond acceptors (Lipinski definition) is 6. The second-order valence-electron chi connectivity index (χ2n) is 6.19. The summed E-state index contributed by atoms with van der Waals surface area (Å²) in [5.41, 5.74) is 1.62. The van der Waals surface area contributed by atoms with Crippen LogP contribution in [0.4, 0.5) is 11.4 Å². The Labute approximate surface area is 166 Å². The molecule has 2 fully saturated rings. The molecule has 2 atom stereocenters. The number of sulfone groups is 1. The quantitative estimate of drug-likeness (QED) is 0.752. The number of carbonyl (C=O) groups is 1. The number of carbonyl (C=O) groups excluding carboxylic acids is 1. The van der Waals surface area contributed by atoms with E-state index < -0.39 is 9.84 Å². The van der Waals surface area contributed by atoms with Crippen LogP contribution in [0.3, 0.4) is 0 Å². The van der Waals surface area contributed by atoms with Gasteiger partial charge >= 0.3 is 0 Å². The average molecular weight is 426 g/mol. The molecule has 0 unspecified atom stereocenters. The van der Waals surface area contributed by atoms with Crippen molar-refractivity contribution in [3.05, 3.63) is 24.3 Å². The first-order valence-electron chi connectivity index (χ1n) is 8.16. The Morgan fingerprint density at radius 2 is 1.96 bits per heavy atom. The zero-order valence-electron chi connectivity index (χ0n) is 14.5. The van der Waals surface area contributed by atoms with Crippen LogP contribution in [-0.2, 0) is 19.4 Å². The van der Waals surface area contributed by atoms with Gasteiger partial charge in [-0.05, 0) is 25.1 Å². The molecular formula is C16H25Cl2N3O4S. The molecule has 26 heavy (non-hydrogen) atoms. The number of nitrogens with one attached hydrogen (secondary N) is 2. The number of benzene rings is 1. The third-order valence-electron chi connectivity index (χ3n) is 4.42. The van der Waals surface area contributed by atoms with Gasteiger partial charge in [0.25, 0.3) is 0 Å². The van der Waals surface area contributed by atoms with E-state index in [-0.39, 0.29) is 54.4 Å². The minimum Gasteiger partial charge on any atom is -0.375 e. The summed E-state index contributed by atoms with van der Waals surface area (Å²) in [4.78, 5) is 14.4. The highest BCUT2D eigenvalue weighted by atomic mass is 35.5. The van der Waals surface area contributed by atoms with Gasteiger partial charge in [0.2, 0.25) is 5.91 Å². The Balaban J connectivity index is 0.00000169. The monoisotopic (exact) mass is 425 g/mol. The maximum Gasteiger partial charge on any atom is 0.244 e. The maximum atomic E-state index is 12.4. The van der Waals surface area contributed by atoms with Gasteiger partial charge in [0.15, 0.2) is 9.84 Å². The van der Waals surface area contributed by atoms with Crippen molar-refractivity contribution in [2.24, 2.45) is 0 Å². The lowest BCUT2D eigenvalue weighted by atomic mass is 10.1. The van der Waals surface area contributed by atoms with Crippen molar-refractivity contribution in [2.45, 2.75) is 19.1 Å². The Hall–Kier alpha value is -1.06. The lowest BCUT2D eigenvalue weighted by Crippen LogP contribution is -2.53. The number of anilines is 2.